The molecular weight excluding hydrogens is 166 g/mol. The van der Waals surface area contributed by atoms with Gasteiger partial charge in [0.1, 0.15) is 5.60 Å². The summed E-state index contributed by atoms with van der Waals surface area (Å²) in [5, 5.41) is 3.39. The molecule has 0 amide bonds. The average molecular weight is 187 g/mol. The van der Waals surface area contributed by atoms with Crippen molar-refractivity contribution in [1.82, 2.24) is 5.32 Å². The molecule has 0 radical (unpaired) electrons. The molecule has 0 aromatic rings. The molecule has 0 aliphatic carbocycles. The van der Waals surface area contributed by atoms with Crippen LogP contribution in [-0.4, -0.2) is 38.5 Å². The van der Waals surface area contributed by atoms with Gasteiger partial charge in [-0.3, -0.25) is 0 Å². The predicted molar refractivity (Wildman–Crippen MR) is 52.9 cm³/mol. The van der Waals surface area contributed by atoms with Crippen LogP contribution in [0.3, 0.4) is 0 Å². The van der Waals surface area contributed by atoms with Gasteiger partial charge in [0.05, 0.1) is 12.7 Å². The van der Waals surface area contributed by atoms with E-state index < -0.39 is 0 Å². The maximum Gasteiger partial charge on any atom is 0.106 e. The van der Waals surface area contributed by atoms with Crippen LogP contribution in [-0.2, 0) is 9.47 Å². The lowest BCUT2D eigenvalue weighted by molar-refractivity contribution is -0.162. The molecular formula is C10H21NO2. The van der Waals surface area contributed by atoms with Gasteiger partial charge in [-0.05, 0) is 12.8 Å². The number of morpholine rings is 1. The van der Waals surface area contributed by atoms with Crippen LogP contribution in [0.4, 0.5) is 0 Å². The predicted octanol–water partition coefficient (Wildman–Crippen LogP) is 1.04. The topological polar surface area (TPSA) is 30.5 Å². The number of hydrogen-bond donors (Lipinski definition) is 1. The zero-order valence-corrected chi connectivity index (χ0v) is 9.09. The van der Waals surface area contributed by atoms with Gasteiger partial charge in [0, 0.05) is 20.2 Å². The Kier molecular flexibility index (Phi) is 3.71. The van der Waals surface area contributed by atoms with Crippen LogP contribution in [0.2, 0.25) is 0 Å². The van der Waals surface area contributed by atoms with Gasteiger partial charge < -0.3 is 14.8 Å². The van der Waals surface area contributed by atoms with Crippen molar-refractivity contribution < 1.29 is 9.47 Å². The smallest absolute Gasteiger partial charge is 0.106 e. The Morgan fingerprint density at radius 3 is 2.77 bits per heavy atom. The number of hydrogen-bond acceptors (Lipinski definition) is 3. The van der Waals surface area contributed by atoms with Crippen molar-refractivity contribution in [3.05, 3.63) is 0 Å². The van der Waals surface area contributed by atoms with E-state index >= 15 is 0 Å². The van der Waals surface area contributed by atoms with E-state index in [1.807, 2.05) is 0 Å². The van der Waals surface area contributed by atoms with E-state index in [0.717, 1.165) is 13.1 Å². The fourth-order valence-corrected chi connectivity index (χ4v) is 1.81. The van der Waals surface area contributed by atoms with Gasteiger partial charge in [-0.1, -0.05) is 13.8 Å². The van der Waals surface area contributed by atoms with Gasteiger partial charge in [-0.25, -0.2) is 0 Å². The zero-order chi connectivity index (χ0) is 9.90. The minimum Gasteiger partial charge on any atom is -0.382 e. The maximum atomic E-state index is 5.99. The molecule has 1 aliphatic heterocycles. The summed E-state index contributed by atoms with van der Waals surface area (Å²) in [6.45, 7) is 8.96. The molecule has 78 valence electrons. The van der Waals surface area contributed by atoms with E-state index in [4.69, 9.17) is 9.47 Å². The van der Waals surface area contributed by atoms with E-state index in [1.165, 1.54) is 0 Å². The summed E-state index contributed by atoms with van der Waals surface area (Å²) in [6, 6.07) is 0. The molecule has 3 heteroatoms. The first kappa shape index (κ1) is 11.0. The zero-order valence-electron chi connectivity index (χ0n) is 9.09. The molecule has 2 unspecified atom stereocenters. The first-order chi connectivity index (χ1) is 6.10. The Morgan fingerprint density at radius 2 is 2.31 bits per heavy atom. The Bertz CT molecular complexity index is 157. The minimum atomic E-state index is -0.133. The number of nitrogens with one attached hydrogen (secondary N) is 1. The lowest BCUT2D eigenvalue weighted by Gasteiger charge is -2.43. The van der Waals surface area contributed by atoms with E-state index in [-0.39, 0.29) is 11.7 Å². The molecule has 0 spiro atoms. The van der Waals surface area contributed by atoms with Gasteiger partial charge in [0.15, 0.2) is 0 Å². The molecule has 1 aliphatic rings. The van der Waals surface area contributed by atoms with Crippen molar-refractivity contribution in [3.63, 3.8) is 0 Å². The van der Waals surface area contributed by atoms with Crippen LogP contribution < -0.4 is 5.32 Å². The molecule has 1 N–H and O–H groups in total. The molecule has 1 saturated heterocycles. The van der Waals surface area contributed by atoms with Gasteiger partial charge >= 0.3 is 0 Å². The van der Waals surface area contributed by atoms with E-state index in [2.05, 4.69) is 26.1 Å². The highest BCUT2D eigenvalue weighted by Crippen LogP contribution is 2.25. The largest absolute Gasteiger partial charge is 0.382 e. The summed E-state index contributed by atoms with van der Waals surface area (Å²) < 4.78 is 11.2. The molecule has 1 heterocycles. The van der Waals surface area contributed by atoms with E-state index in [1.54, 1.807) is 7.11 Å². The summed E-state index contributed by atoms with van der Waals surface area (Å²) in [5.41, 5.74) is -0.133. The molecule has 1 rings (SSSR count). The van der Waals surface area contributed by atoms with Crippen LogP contribution in [0.15, 0.2) is 0 Å². The number of rotatable bonds is 3. The fraction of sp³-hybridized carbons (Fsp3) is 1.00. The molecule has 2 atom stereocenters. The Labute approximate surface area is 80.8 Å². The van der Waals surface area contributed by atoms with Gasteiger partial charge in [0.2, 0.25) is 0 Å². The van der Waals surface area contributed by atoms with Crippen molar-refractivity contribution in [3.8, 4) is 0 Å². The number of ether oxygens (including phenoxy) is 2. The first-order valence-corrected chi connectivity index (χ1v) is 4.98. The summed E-state index contributed by atoms with van der Waals surface area (Å²) in [4.78, 5) is 0. The average Bonchev–Trinajstić information content (AvgIpc) is 2.04. The Balaban J connectivity index is 2.64. The van der Waals surface area contributed by atoms with Crippen molar-refractivity contribution in [2.75, 3.05) is 26.8 Å². The highest BCUT2D eigenvalue weighted by atomic mass is 16.5. The summed E-state index contributed by atoms with van der Waals surface area (Å²) >= 11 is 0. The second-order valence-corrected chi connectivity index (χ2v) is 4.21. The first-order valence-electron chi connectivity index (χ1n) is 4.98. The summed E-state index contributed by atoms with van der Waals surface area (Å²) in [5.74, 6) is 0.475. The number of methoxy groups -OCH3 is 1. The Hall–Kier alpha value is -0.120. The molecule has 0 bridgehead atoms. The second-order valence-electron chi connectivity index (χ2n) is 4.21. The van der Waals surface area contributed by atoms with Crippen molar-refractivity contribution in [2.45, 2.75) is 32.5 Å². The summed E-state index contributed by atoms with van der Waals surface area (Å²) in [6.07, 6.45) is 0.284. The van der Waals surface area contributed by atoms with Crippen LogP contribution in [0.1, 0.15) is 20.8 Å². The minimum absolute atomic E-state index is 0.133. The molecule has 0 saturated carbocycles. The van der Waals surface area contributed by atoms with Gasteiger partial charge in [-0.15, -0.1) is 0 Å². The van der Waals surface area contributed by atoms with Gasteiger partial charge in [0.25, 0.3) is 0 Å². The fourth-order valence-electron chi connectivity index (χ4n) is 1.81. The third kappa shape index (κ3) is 2.42. The monoisotopic (exact) mass is 187 g/mol. The highest BCUT2D eigenvalue weighted by Gasteiger charge is 2.38. The molecule has 0 aromatic heterocycles. The van der Waals surface area contributed by atoms with Crippen LogP contribution in [0.5, 0.6) is 0 Å². The van der Waals surface area contributed by atoms with Crippen molar-refractivity contribution >= 4 is 0 Å². The standard InChI is InChI=1S/C10H21NO2/c1-8(2)10(7-12-4)6-11-5-9(3)13-10/h8-9,11H,5-7H2,1-4H3. The molecule has 1 fully saturated rings. The van der Waals surface area contributed by atoms with Crippen LogP contribution >= 0.6 is 0 Å². The van der Waals surface area contributed by atoms with Crippen LogP contribution in [0.25, 0.3) is 0 Å². The van der Waals surface area contributed by atoms with Crippen molar-refractivity contribution in [2.24, 2.45) is 5.92 Å². The van der Waals surface area contributed by atoms with Crippen LogP contribution in [0, 0.1) is 5.92 Å². The molecule has 3 nitrogen and oxygen atoms in total. The van der Waals surface area contributed by atoms with E-state index in [9.17, 15) is 0 Å². The third-order valence-electron chi connectivity index (χ3n) is 2.73. The molecule has 13 heavy (non-hydrogen) atoms. The van der Waals surface area contributed by atoms with E-state index in [0.29, 0.717) is 12.5 Å². The lowest BCUT2D eigenvalue weighted by atomic mass is 9.89. The quantitative estimate of drug-likeness (QED) is 0.716. The van der Waals surface area contributed by atoms with Crippen molar-refractivity contribution in [1.29, 1.82) is 0 Å². The third-order valence-corrected chi connectivity index (χ3v) is 2.73. The Morgan fingerprint density at radius 1 is 1.62 bits per heavy atom. The highest BCUT2D eigenvalue weighted by molar-refractivity contribution is 4.90. The lowest BCUT2D eigenvalue weighted by Crippen LogP contribution is -2.58. The molecule has 0 aromatic carbocycles. The maximum absolute atomic E-state index is 5.99. The summed E-state index contributed by atoms with van der Waals surface area (Å²) in [7, 11) is 1.73. The van der Waals surface area contributed by atoms with Gasteiger partial charge in [-0.2, -0.15) is 0 Å². The second kappa shape index (κ2) is 4.40. The normalized spacial score (nSPS) is 35.3. The SMILES string of the molecule is COCC1(C(C)C)CNCC(C)O1.